The van der Waals surface area contributed by atoms with Crippen molar-refractivity contribution in [3.8, 4) is 0 Å². The highest BCUT2D eigenvalue weighted by Crippen LogP contribution is 2.33. The van der Waals surface area contributed by atoms with E-state index in [9.17, 15) is 14.7 Å². The smallest absolute Gasteiger partial charge is 0.242 e. The summed E-state index contributed by atoms with van der Waals surface area (Å²) >= 11 is 0. The SMILES string of the molecule is O=C(NCC1CCC(O)CC1)C1CCCN1C(=O)C1CC1. The van der Waals surface area contributed by atoms with Crippen LogP contribution < -0.4 is 5.32 Å². The molecule has 2 aliphatic carbocycles. The van der Waals surface area contributed by atoms with Crippen LogP contribution in [0.15, 0.2) is 0 Å². The predicted octanol–water partition coefficient (Wildman–Crippen LogP) is 1.05. The van der Waals surface area contributed by atoms with Gasteiger partial charge in [-0.25, -0.2) is 0 Å². The van der Waals surface area contributed by atoms with Gasteiger partial charge in [-0.1, -0.05) is 0 Å². The molecule has 1 aliphatic heterocycles. The van der Waals surface area contributed by atoms with Crippen molar-refractivity contribution < 1.29 is 14.7 Å². The zero-order chi connectivity index (χ0) is 14.8. The molecule has 1 unspecified atom stereocenters. The lowest BCUT2D eigenvalue weighted by Crippen LogP contribution is -2.47. The van der Waals surface area contributed by atoms with Crippen LogP contribution in [-0.4, -0.2) is 47.1 Å². The Bertz CT molecular complexity index is 400. The number of hydrogen-bond donors (Lipinski definition) is 2. The summed E-state index contributed by atoms with van der Waals surface area (Å²) in [6.07, 6.45) is 7.22. The van der Waals surface area contributed by atoms with E-state index in [0.717, 1.165) is 57.9 Å². The summed E-state index contributed by atoms with van der Waals surface area (Å²) in [6, 6.07) is -0.243. The number of nitrogens with zero attached hydrogens (tertiary/aromatic N) is 1. The van der Waals surface area contributed by atoms with E-state index in [1.165, 1.54) is 0 Å². The van der Waals surface area contributed by atoms with Gasteiger partial charge in [0, 0.05) is 19.0 Å². The fraction of sp³-hybridized carbons (Fsp3) is 0.875. The van der Waals surface area contributed by atoms with Crippen molar-refractivity contribution in [2.75, 3.05) is 13.1 Å². The van der Waals surface area contributed by atoms with E-state index >= 15 is 0 Å². The normalized spacial score (nSPS) is 33.0. The molecule has 1 heterocycles. The molecule has 3 rings (SSSR count). The molecule has 0 aromatic carbocycles. The summed E-state index contributed by atoms with van der Waals surface area (Å²) in [4.78, 5) is 26.3. The lowest BCUT2D eigenvalue weighted by atomic mass is 9.87. The van der Waals surface area contributed by atoms with Gasteiger partial charge in [0.05, 0.1) is 6.10 Å². The molecule has 2 saturated carbocycles. The summed E-state index contributed by atoms with van der Waals surface area (Å²) in [6.45, 7) is 1.43. The lowest BCUT2D eigenvalue weighted by molar-refractivity contribution is -0.139. The van der Waals surface area contributed by atoms with Crippen LogP contribution in [-0.2, 0) is 9.59 Å². The van der Waals surface area contributed by atoms with Gasteiger partial charge in [-0.05, 0) is 57.3 Å². The second-order valence-corrected chi connectivity index (χ2v) is 6.88. The number of aliphatic hydroxyl groups is 1. The maximum Gasteiger partial charge on any atom is 0.242 e. The van der Waals surface area contributed by atoms with E-state index < -0.39 is 0 Å². The molecule has 0 aromatic heterocycles. The highest BCUT2D eigenvalue weighted by Gasteiger charge is 2.40. The van der Waals surface area contributed by atoms with Gasteiger partial charge in [0.1, 0.15) is 6.04 Å². The van der Waals surface area contributed by atoms with Gasteiger partial charge < -0.3 is 15.3 Å². The maximum absolute atomic E-state index is 12.4. The highest BCUT2D eigenvalue weighted by atomic mass is 16.3. The zero-order valence-electron chi connectivity index (χ0n) is 12.6. The average molecular weight is 294 g/mol. The highest BCUT2D eigenvalue weighted by molar-refractivity contribution is 5.89. The third-order valence-corrected chi connectivity index (χ3v) is 5.15. The van der Waals surface area contributed by atoms with Crippen LogP contribution in [0.2, 0.25) is 0 Å². The number of carbonyl (C=O) groups excluding carboxylic acids is 2. The van der Waals surface area contributed by atoms with Crippen molar-refractivity contribution in [1.82, 2.24) is 10.2 Å². The lowest BCUT2D eigenvalue weighted by Gasteiger charge is -2.28. The molecule has 0 spiro atoms. The Hall–Kier alpha value is -1.10. The zero-order valence-corrected chi connectivity index (χ0v) is 12.6. The van der Waals surface area contributed by atoms with Gasteiger partial charge >= 0.3 is 0 Å². The first kappa shape index (κ1) is 14.8. The Morgan fingerprint density at radius 2 is 1.76 bits per heavy atom. The minimum absolute atomic E-state index is 0.0209. The van der Waals surface area contributed by atoms with Crippen molar-refractivity contribution in [2.24, 2.45) is 11.8 Å². The van der Waals surface area contributed by atoms with Crippen LogP contribution in [0.25, 0.3) is 0 Å². The van der Waals surface area contributed by atoms with Crippen molar-refractivity contribution in [1.29, 1.82) is 0 Å². The summed E-state index contributed by atoms with van der Waals surface area (Å²) < 4.78 is 0. The molecule has 1 atom stereocenters. The second kappa shape index (κ2) is 6.34. The second-order valence-electron chi connectivity index (χ2n) is 6.88. The number of aliphatic hydroxyl groups excluding tert-OH is 1. The number of rotatable bonds is 4. The molecule has 2 N–H and O–H groups in total. The van der Waals surface area contributed by atoms with Gasteiger partial charge in [-0.2, -0.15) is 0 Å². The van der Waals surface area contributed by atoms with E-state index in [4.69, 9.17) is 0 Å². The van der Waals surface area contributed by atoms with Gasteiger partial charge in [0.15, 0.2) is 0 Å². The van der Waals surface area contributed by atoms with E-state index in [1.807, 2.05) is 0 Å². The number of amides is 2. The summed E-state index contributed by atoms with van der Waals surface area (Å²) in [5.41, 5.74) is 0. The Balaban J connectivity index is 1.46. The topological polar surface area (TPSA) is 69.6 Å². The van der Waals surface area contributed by atoms with Crippen LogP contribution in [0.1, 0.15) is 51.4 Å². The number of likely N-dealkylation sites (tertiary alicyclic amines) is 1. The summed E-state index contributed by atoms with van der Waals surface area (Å²) in [5, 5.41) is 12.5. The van der Waals surface area contributed by atoms with Gasteiger partial charge in [-0.3, -0.25) is 9.59 Å². The standard InChI is InChI=1S/C16H26N2O3/c19-13-7-3-11(4-8-13)10-17-15(20)14-2-1-9-18(14)16(21)12-5-6-12/h11-14,19H,1-10H2,(H,17,20). The molecule has 5 nitrogen and oxygen atoms in total. The first-order valence-corrected chi connectivity index (χ1v) is 8.41. The fourth-order valence-electron chi connectivity index (χ4n) is 3.58. The molecule has 3 fully saturated rings. The molecule has 2 amide bonds. The molecule has 0 radical (unpaired) electrons. The minimum Gasteiger partial charge on any atom is -0.393 e. The van der Waals surface area contributed by atoms with Crippen LogP contribution >= 0.6 is 0 Å². The molecule has 21 heavy (non-hydrogen) atoms. The Morgan fingerprint density at radius 3 is 2.43 bits per heavy atom. The Kier molecular flexibility index (Phi) is 4.48. The molecular weight excluding hydrogens is 268 g/mol. The molecule has 5 heteroatoms. The monoisotopic (exact) mass is 294 g/mol. The van der Waals surface area contributed by atoms with E-state index in [2.05, 4.69) is 5.32 Å². The Morgan fingerprint density at radius 1 is 1.05 bits per heavy atom. The molecule has 3 aliphatic rings. The van der Waals surface area contributed by atoms with Crippen molar-refractivity contribution in [2.45, 2.75) is 63.5 Å². The van der Waals surface area contributed by atoms with Crippen LogP contribution in [0.4, 0.5) is 0 Å². The molecule has 0 aromatic rings. The molecule has 1 saturated heterocycles. The number of nitrogens with one attached hydrogen (secondary N) is 1. The number of carbonyl (C=O) groups is 2. The van der Waals surface area contributed by atoms with Crippen molar-refractivity contribution in [3.63, 3.8) is 0 Å². The average Bonchev–Trinajstić information content (AvgIpc) is 3.22. The largest absolute Gasteiger partial charge is 0.393 e. The van der Waals surface area contributed by atoms with Crippen LogP contribution in [0.5, 0.6) is 0 Å². The van der Waals surface area contributed by atoms with E-state index in [-0.39, 0.29) is 29.9 Å². The Labute approximate surface area is 126 Å². The maximum atomic E-state index is 12.4. The third kappa shape index (κ3) is 3.57. The first-order chi connectivity index (χ1) is 10.1. The molecular formula is C16H26N2O3. The minimum atomic E-state index is -0.243. The summed E-state index contributed by atoms with van der Waals surface area (Å²) in [7, 11) is 0. The van der Waals surface area contributed by atoms with Gasteiger partial charge in [-0.15, -0.1) is 0 Å². The van der Waals surface area contributed by atoms with Crippen LogP contribution in [0.3, 0.4) is 0 Å². The first-order valence-electron chi connectivity index (χ1n) is 8.41. The predicted molar refractivity (Wildman–Crippen MR) is 78.4 cm³/mol. The van der Waals surface area contributed by atoms with Crippen LogP contribution in [0, 0.1) is 11.8 Å². The van der Waals surface area contributed by atoms with E-state index in [1.54, 1.807) is 4.90 Å². The summed E-state index contributed by atoms with van der Waals surface area (Å²) in [5.74, 6) is 0.880. The fourth-order valence-corrected chi connectivity index (χ4v) is 3.58. The van der Waals surface area contributed by atoms with E-state index in [0.29, 0.717) is 12.5 Å². The van der Waals surface area contributed by atoms with Crippen molar-refractivity contribution in [3.05, 3.63) is 0 Å². The molecule has 0 bridgehead atoms. The van der Waals surface area contributed by atoms with Gasteiger partial charge in [0.25, 0.3) is 0 Å². The van der Waals surface area contributed by atoms with Crippen molar-refractivity contribution >= 4 is 11.8 Å². The number of hydrogen-bond acceptors (Lipinski definition) is 3. The molecule has 118 valence electrons. The van der Waals surface area contributed by atoms with Gasteiger partial charge in [0.2, 0.25) is 11.8 Å². The quantitative estimate of drug-likeness (QED) is 0.814. The third-order valence-electron chi connectivity index (χ3n) is 5.15.